The fraction of sp³-hybridized carbons (Fsp3) is 0.385. The number of fused-ring (bicyclic) bond motifs is 1. The van der Waals surface area contributed by atoms with E-state index >= 15 is 0 Å². The first kappa shape index (κ1) is 13.0. The van der Waals surface area contributed by atoms with Crippen molar-refractivity contribution in [2.45, 2.75) is 32.3 Å². The summed E-state index contributed by atoms with van der Waals surface area (Å²) in [4.78, 5) is 3.49. The molecule has 0 saturated carbocycles. The van der Waals surface area contributed by atoms with Crippen LogP contribution in [-0.4, -0.2) is 21.8 Å². The maximum atomic E-state index is 13.9. The molecule has 0 fully saturated rings. The number of hydrogen-bond donors (Lipinski definition) is 1. The standard InChI is InChI=1S/C13H12F3N3O/c14-9-6-17-11(20-13(15)16)5-8(9)12-7-3-1-2-4-10(7)18-19-12/h5-6,13H,1-4H2,(H,18,19). The number of rotatable bonds is 3. The molecule has 3 rings (SSSR count). The van der Waals surface area contributed by atoms with Crippen LogP contribution >= 0.6 is 0 Å². The number of aromatic nitrogens is 3. The van der Waals surface area contributed by atoms with E-state index in [1.165, 1.54) is 0 Å². The Labute approximate surface area is 113 Å². The first-order valence-corrected chi connectivity index (χ1v) is 6.32. The lowest BCUT2D eigenvalue weighted by atomic mass is 9.94. The van der Waals surface area contributed by atoms with E-state index in [-0.39, 0.29) is 11.4 Å². The predicted octanol–water partition coefficient (Wildman–Crippen LogP) is 3.09. The van der Waals surface area contributed by atoms with Crippen LogP contribution < -0.4 is 4.74 Å². The SMILES string of the molecule is Fc1cnc(OC(F)F)cc1-c1n[nH]c2c1CCCC2. The molecule has 7 heteroatoms. The number of halogens is 3. The van der Waals surface area contributed by atoms with Gasteiger partial charge in [0.1, 0.15) is 0 Å². The van der Waals surface area contributed by atoms with Crippen molar-refractivity contribution < 1.29 is 17.9 Å². The Balaban J connectivity index is 2.02. The monoisotopic (exact) mass is 283 g/mol. The van der Waals surface area contributed by atoms with Crippen molar-refractivity contribution in [3.05, 3.63) is 29.3 Å². The van der Waals surface area contributed by atoms with Crippen LogP contribution in [0.2, 0.25) is 0 Å². The highest BCUT2D eigenvalue weighted by Gasteiger charge is 2.21. The molecular weight excluding hydrogens is 271 g/mol. The van der Waals surface area contributed by atoms with Crippen LogP contribution in [0.1, 0.15) is 24.1 Å². The van der Waals surface area contributed by atoms with Gasteiger partial charge in [-0.3, -0.25) is 5.10 Å². The molecule has 1 aliphatic rings. The molecule has 0 aliphatic heterocycles. The first-order valence-electron chi connectivity index (χ1n) is 6.32. The van der Waals surface area contributed by atoms with Gasteiger partial charge in [-0.1, -0.05) is 0 Å². The summed E-state index contributed by atoms with van der Waals surface area (Å²) in [6.45, 7) is -2.99. The van der Waals surface area contributed by atoms with E-state index in [0.717, 1.165) is 49.2 Å². The molecule has 0 radical (unpaired) electrons. The topological polar surface area (TPSA) is 50.8 Å². The molecule has 0 aromatic carbocycles. The summed E-state index contributed by atoms with van der Waals surface area (Å²) in [5.74, 6) is -0.921. The fourth-order valence-corrected chi connectivity index (χ4v) is 2.46. The second-order valence-electron chi connectivity index (χ2n) is 4.62. The van der Waals surface area contributed by atoms with E-state index < -0.39 is 12.4 Å². The summed E-state index contributed by atoms with van der Waals surface area (Å²) >= 11 is 0. The van der Waals surface area contributed by atoms with Gasteiger partial charge in [-0.05, 0) is 25.7 Å². The molecule has 0 bridgehead atoms. The zero-order chi connectivity index (χ0) is 14.1. The summed E-state index contributed by atoms with van der Waals surface area (Å²) in [5.41, 5.74) is 2.52. The van der Waals surface area contributed by atoms with Crippen LogP contribution in [0.3, 0.4) is 0 Å². The Morgan fingerprint density at radius 2 is 2.05 bits per heavy atom. The molecule has 0 unspecified atom stereocenters. The molecule has 0 atom stereocenters. The molecule has 1 aliphatic carbocycles. The Hall–Kier alpha value is -2.05. The first-order chi connectivity index (χ1) is 9.65. The molecule has 0 amide bonds. The number of hydrogen-bond acceptors (Lipinski definition) is 3. The number of aryl methyl sites for hydroxylation is 1. The normalized spacial score (nSPS) is 14.4. The molecule has 1 N–H and O–H groups in total. The van der Waals surface area contributed by atoms with E-state index in [1.807, 2.05) is 0 Å². The quantitative estimate of drug-likeness (QED) is 0.941. The van der Waals surface area contributed by atoms with Gasteiger partial charge in [-0.2, -0.15) is 13.9 Å². The zero-order valence-corrected chi connectivity index (χ0v) is 10.5. The predicted molar refractivity (Wildman–Crippen MR) is 65.1 cm³/mol. The number of alkyl halides is 2. The van der Waals surface area contributed by atoms with Crippen molar-refractivity contribution in [1.29, 1.82) is 0 Å². The van der Waals surface area contributed by atoms with Gasteiger partial charge < -0.3 is 4.74 Å². The molecule has 2 aromatic heterocycles. The number of aromatic amines is 1. The van der Waals surface area contributed by atoms with Crippen molar-refractivity contribution in [1.82, 2.24) is 15.2 Å². The van der Waals surface area contributed by atoms with Crippen LogP contribution in [0.25, 0.3) is 11.3 Å². The Bertz CT molecular complexity index is 627. The summed E-state index contributed by atoms with van der Waals surface area (Å²) in [5, 5.41) is 7.00. The number of pyridine rings is 1. The van der Waals surface area contributed by atoms with E-state index in [1.54, 1.807) is 0 Å². The molecule has 4 nitrogen and oxygen atoms in total. The minimum atomic E-state index is -2.99. The number of nitrogens with one attached hydrogen (secondary N) is 1. The van der Waals surface area contributed by atoms with Gasteiger partial charge in [0.15, 0.2) is 5.82 Å². The van der Waals surface area contributed by atoms with Gasteiger partial charge in [-0.15, -0.1) is 0 Å². The lowest BCUT2D eigenvalue weighted by molar-refractivity contribution is -0.0528. The largest absolute Gasteiger partial charge is 0.417 e. The molecule has 0 spiro atoms. The van der Waals surface area contributed by atoms with Crippen LogP contribution in [-0.2, 0) is 12.8 Å². The van der Waals surface area contributed by atoms with E-state index in [2.05, 4.69) is 19.9 Å². The van der Waals surface area contributed by atoms with Crippen LogP contribution in [0, 0.1) is 5.82 Å². The second-order valence-corrected chi connectivity index (χ2v) is 4.62. The Morgan fingerprint density at radius 3 is 2.85 bits per heavy atom. The number of ether oxygens (including phenoxy) is 1. The van der Waals surface area contributed by atoms with Crippen molar-refractivity contribution in [2.75, 3.05) is 0 Å². The number of nitrogens with zero attached hydrogens (tertiary/aromatic N) is 2. The van der Waals surface area contributed by atoms with E-state index in [4.69, 9.17) is 0 Å². The van der Waals surface area contributed by atoms with Gasteiger partial charge in [0.2, 0.25) is 5.88 Å². The van der Waals surface area contributed by atoms with E-state index in [9.17, 15) is 13.2 Å². The van der Waals surface area contributed by atoms with Gasteiger partial charge in [0.05, 0.1) is 11.9 Å². The minimum Gasteiger partial charge on any atom is -0.417 e. The number of H-pyrrole nitrogens is 1. The molecule has 2 aromatic rings. The molecule has 20 heavy (non-hydrogen) atoms. The van der Waals surface area contributed by atoms with Crippen molar-refractivity contribution in [3.8, 4) is 17.1 Å². The minimum absolute atomic E-state index is 0.134. The van der Waals surface area contributed by atoms with Crippen LogP contribution in [0.4, 0.5) is 13.2 Å². The third-order valence-corrected chi connectivity index (χ3v) is 3.35. The van der Waals surface area contributed by atoms with E-state index in [0.29, 0.717) is 5.69 Å². The lowest BCUT2D eigenvalue weighted by Crippen LogP contribution is -2.05. The summed E-state index contributed by atoms with van der Waals surface area (Å²) in [7, 11) is 0. The van der Waals surface area contributed by atoms with Crippen molar-refractivity contribution in [2.24, 2.45) is 0 Å². The van der Waals surface area contributed by atoms with Crippen molar-refractivity contribution >= 4 is 0 Å². The second kappa shape index (κ2) is 5.15. The highest BCUT2D eigenvalue weighted by molar-refractivity contribution is 5.65. The maximum Gasteiger partial charge on any atom is 0.388 e. The molecule has 2 heterocycles. The van der Waals surface area contributed by atoms with Gasteiger partial charge in [0.25, 0.3) is 0 Å². The third-order valence-electron chi connectivity index (χ3n) is 3.35. The average Bonchev–Trinajstić information content (AvgIpc) is 2.84. The highest BCUT2D eigenvalue weighted by Crippen LogP contribution is 2.32. The third kappa shape index (κ3) is 2.35. The Morgan fingerprint density at radius 1 is 1.25 bits per heavy atom. The molecular formula is C13H12F3N3O. The maximum absolute atomic E-state index is 13.9. The van der Waals surface area contributed by atoms with Crippen molar-refractivity contribution in [3.63, 3.8) is 0 Å². The van der Waals surface area contributed by atoms with Gasteiger partial charge in [-0.25, -0.2) is 9.37 Å². The van der Waals surface area contributed by atoms with Gasteiger partial charge in [0, 0.05) is 22.9 Å². The highest BCUT2D eigenvalue weighted by atomic mass is 19.3. The van der Waals surface area contributed by atoms with Gasteiger partial charge >= 0.3 is 6.61 Å². The van der Waals surface area contributed by atoms with Crippen LogP contribution in [0.5, 0.6) is 5.88 Å². The molecule has 0 saturated heterocycles. The smallest absolute Gasteiger partial charge is 0.388 e. The summed E-state index contributed by atoms with van der Waals surface area (Å²) in [6.07, 6.45) is 4.61. The summed E-state index contributed by atoms with van der Waals surface area (Å²) < 4.78 is 42.5. The molecule has 106 valence electrons. The van der Waals surface area contributed by atoms with Crippen LogP contribution in [0.15, 0.2) is 12.3 Å². The lowest BCUT2D eigenvalue weighted by Gasteiger charge is -2.12. The fourth-order valence-electron chi connectivity index (χ4n) is 2.46. The Kier molecular flexibility index (Phi) is 3.33. The zero-order valence-electron chi connectivity index (χ0n) is 10.5. The summed E-state index contributed by atoms with van der Waals surface area (Å²) in [6, 6.07) is 1.16. The average molecular weight is 283 g/mol.